The van der Waals surface area contributed by atoms with Crippen molar-refractivity contribution in [3.63, 3.8) is 0 Å². The van der Waals surface area contributed by atoms with Crippen LogP contribution in [0.2, 0.25) is 10.0 Å². The van der Waals surface area contributed by atoms with Crippen LogP contribution in [0.3, 0.4) is 0 Å². The van der Waals surface area contributed by atoms with Gasteiger partial charge in [0.15, 0.2) is 0 Å². The number of carboxylic acid groups (broad SMARTS) is 1. The van der Waals surface area contributed by atoms with Gasteiger partial charge in [0.05, 0.1) is 5.02 Å². The van der Waals surface area contributed by atoms with Crippen molar-refractivity contribution in [3.05, 3.63) is 63.1 Å². The lowest BCUT2D eigenvalue weighted by Crippen LogP contribution is -2.45. The van der Waals surface area contributed by atoms with Crippen LogP contribution in [-0.2, 0) is 4.79 Å². The van der Waals surface area contributed by atoms with Gasteiger partial charge in [-0.2, -0.15) is 0 Å². The number of aryl methyl sites for hydroxylation is 1. The van der Waals surface area contributed by atoms with Gasteiger partial charge in [0.1, 0.15) is 17.9 Å². The molecule has 0 bridgehead atoms. The first-order valence-corrected chi connectivity index (χ1v) is 12.9. The second-order valence-corrected chi connectivity index (χ2v) is 10.5. The summed E-state index contributed by atoms with van der Waals surface area (Å²) in [6.45, 7) is 8.67. The van der Waals surface area contributed by atoms with E-state index in [1.54, 1.807) is 0 Å². The third-order valence-electron chi connectivity index (χ3n) is 7.27. The lowest BCUT2D eigenvalue weighted by atomic mass is 9.92. The predicted molar refractivity (Wildman–Crippen MR) is 137 cm³/mol. The highest BCUT2D eigenvalue weighted by Gasteiger charge is 2.32. The minimum absolute atomic E-state index is 0.169. The zero-order chi connectivity index (χ0) is 24.2. The first-order chi connectivity index (χ1) is 16.3. The van der Waals surface area contributed by atoms with Crippen molar-refractivity contribution < 1.29 is 14.6 Å². The molecule has 184 valence electrons. The second-order valence-electron chi connectivity index (χ2n) is 9.73. The molecule has 2 aromatic rings. The zero-order valence-electron chi connectivity index (χ0n) is 20.0. The maximum Gasteiger partial charge on any atom is 0.325 e. The largest absolute Gasteiger partial charge is 0.489 e. The maximum absolute atomic E-state index is 12.0. The van der Waals surface area contributed by atoms with E-state index < -0.39 is 12.0 Å². The summed E-state index contributed by atoms with van der Waals surface area (Å²) in [6.07, 6.45) is 4.19. The molecule has 2 aliphatic rings. The average Bonchev–Trinajstić information content (AvgIpc) is 2.83. The average molecular weight is 505 g/mol. The number of hydrogen-bond acceptors (Lipinski definition) is 4. The molecule has 0 amide bonds. The molecular formula is C27H34Cl2N2O3. The van der Waals surface area contributed by atoms with E-state index in [9.17, 15) is 9.90 Å². The second kappa shape index (κ2) is 11.3. The van der Waals surface area contributed by atoms with Crippen LogP contribution in [-0.4, -0.2) is 59.7 Å². The van der Waals surface area contributed by atoms with Crippen molar-refractivity contribution in [1.29, 1.82) is 0 Å². The van der Waals surface area contributed by atoms with E-state index in [0.29, 0.717) is 16.0 Å². The normalized spacial score (nSPS) is 19.8. The van der Waals surface area contributed by atoms with Gasteiger partial charge >= 0.3 is 5.97 Å². The molecule has 0 radical (unpaired) electrons. The molecule has 0 aliphatic carbocycles. The molecule has 2 heterocycles. The molecule has 5 nitrogen and oxygen atoms in total. The molecule has 4 rings (SSSR count). The summed E-state index contributed by atoms with van der Waals surface area (Å²) in [6, 6.07) is 11.0. The molecular weight excluding hydrogens is 471 g/mol. The molecule has 2 saturated heterocycles. The number of piperidine rings is 2. The third kappa shape index (κ3) is 6.06. The quantitative estimate of drug-likeness (QED) is 0.501. The summed E-state index contributed by atoms with van der Waals surface area (Å²) in [5.74, 6) is 0.561. The van der Waals surface area contributed by atoms with Crippen molar-refractivity contribution in [2.45, 2.75) is 51.7 Å². The highest BCUT2D eigenvalue weighted by Crippen LogP contribution is 2.34. The lowest BCUT2D eigenvalue weighted by molar-refractivity contribution is -0.144. The Bertz CT molecular complexity index is 982. The van der Waals surface area contributed by atoms with Crippen LogP contribution < -0.4 is 4.74 Å². The fourth-order valence-electron chi connectivity index (χ4n) is 5.13. The van der Waals surface area contributed by atoms with Crippen molar-refractivity contribution in [2.75, 3.05) is 32.7 Å². The molecule has 1 atom stereocenters. The van der Waals surface area contributed by atoms with Crippen LogP contribution in [0.1, 0.15) is 48.4 Å². The molecule has 1 N–H and O–H groups in total. The minimum atomic E-state index is -0.764. The minimum Gasteiger partial charge on any atom is -0.489 e. The van der Waals surface area contributed by atoms with E-state index >= 15 is 0 Å². The Kier molecular flexibility index (Phi) is 8.41. The van der Waals surface area contributed by atoms with E-state index in [0.717, 1.165) is 80.8 Å². The maximum atomic E-state index is 12.0. The summed E-state index contributed by atoms with van der Waals surface area (Å²) < 4.78 is 6.19. The fourth-order valence-corrected chi connectivity index (χ4v) is 5.55. The number of nitrogens with zero attached hydrogens (tertiary/aromatic N) is 2. The fraction of sp³-hybridized carbons (Fsp3) is 0.519. The molecule has 2 fully saturated rings. The zero-order valence-corrected chi connectivity index (χ0v) is 21.5. The van der Waals surface area contributed by atoms with E-state index in [1.165, 1.54) is 0 Å². The monoisotopic (exact) mass is 504 g/mol. The highest BCUT2D eigenvalue weighted by atomic mass is 35.5. The van der Waals surface area contributed by atoms with Gasteiger partial charge in [0.2, 0.25) is 0 Å². The summed E-state index contributed by atoms with van der Waals surface area (Å²) in [5.41, 5.74) is 2.87. The van der Waals surface area contributed by atoms with Crippen molar-refractivity contribution in [3.8, 4) is 5.75 Å². The molecule has 34 heavy (non-hydrogen) atoms. The van der Waals surface area contributed by atoms with Crippen molar-refractivity contribution >= 4 is 29.2 Å². The number of aliphatic carboxylic acids is 1. The molecule has 7 heteroatoms. The summed E-state index contributed by atoms with van der Waals surface area (Å²) in [5, 5.41) is 11.1. The third-order valence-corrected chi connectivity index (χ3v) is 8.15. The Morgan fingerprint density at radius 1 is 1.00 bits per heavy atom. The number of rotatable bonds is 7. The molecule has 2 aliphatic heterocycles. The van der Waals surface area contributed by atoms with Gasteiger partial charge in [-0.3, -0.25) is 9.69 Å². The van der Waals surface area contributed by atoms with Gasteiger partial charge in [-0.15, -0.1) is 0 Å². The molecule has 0 spiro atoms. The predicted octanol–water partition coefficient (Wildman–Crippen LogP) is 5.99. The molecule has 0 saturated carbocycles. The van der Waals surface area contributed by atoms with Crippen LogP contribution >= 0.6 is 23.2 Å². The topological polar surface area (TPSA) is 53.0 Å². The number of hydrogen-bond donors (Lipinski definition) is 1. The number of carbonyl (C=O) groups is 1. The summed E-state index contributed by atoms with van der Waals surface area (Å²) in [7, 11) is 0. The van der Waals surface area contributed by atoms with Gasteiger partial charge < -0.3 is 14.7 Å². The first kappa shape index (κ1) is 25.3. The first-order valence-electron chi connectivity index (χ1n) is 12.2. The summed E-state index contributed by atoms with van der Waals surface area (Å²) >= 11 is 12.6. The van der Waals surface area contributed by atoms with E-state index in [4.69, 9.17) is 27.9 Å². The van der Waals surface area contributed by atoms with Gasteiger partial charge in [0.25, 0.3) is 0 Å². The Balaban J connectivity index is 1.24. The van der Waals surface area contributed by atoms with E-state index in [1.807, 2.05) is 50.2 Å². The smallest absolute Gasteiger partial charge is 0.325 e. The van der Waals surface area contributed by atoms with Crippen LogP contribution in [0.15, 0.2) is 36.4 Å². The molecule has 2 aromatic carbocycles. The highest BCUT2D eigenvalue weighted by molar-refractivity contribution is 6.36. The van der Waals surface area contributed by atoms with Crippen molar-refractivity contribution in [1.82, 2.24) is 9.80 Å². The molecule has 1 unspecified atom stereocenters. The van der Waals surface area contributed by atoms with E-state index in [2.05, 4.69) is 9.80 Å². The lowest BCUT2D eigenvalue weighted by Gasteiger charge is -2.39. The molecule has 0 aromatic heterocycles. The van der Waals surface area contributed by atoms with Crippen LogP contribution in [0.25, 0.3) is 0 Å². The van der Waals surface area contributed by atoms with Crippen LogP contribution in [0.5, 0.6) is 5.75 Å². The van der Waals surface area contributed by atoms with Crippen LogP contribution in [0.4, 0.5) is 0 Å². The van der Waals surface area contributed by atoms with Crippen molar-refractivity contribution in [2.24, 2.45) is 5.92 Å². The van der Waals surface area contributed by atoms with Gasteiger partial charge in [-0.25, -0.2) is 0 Å². The SMILES string of the molecule is Cc1ccc(C(C(=O)O)N2CCC(CN3CCC(Oc4ccc(Cl)c(C)c4Cl)CC3)CC2)cc1. The summed E-state index contributed by atoms with van der Waals surface area (Å²) in [4.78, 5) is 16.7. The number of carboxylic acids is 1. The number of likely N-dealkylation sites (tertiary alicyclic amines) is 2. The number of halogens is 2. The number of ether oxygens (including phenoxy) is 1. The van der Waals surface area contributed by atoms with Gasteiger partial charge in [-0.05, 0) is 81.8 Å². The van der Waals surface area contributed by atoms with Gasteiger partial charge in [0, 0.05) is 24.7 Å². The van der Waals surface area contributed by atoms with E-state index in [-0.39, 0.29) is 6.10 Å². The Morgan fingerprint density at radius 2 is 1.65 bits per heavy atom. The Morgan fingerprint density at radius 3 is 2.26 bits per heavy atom. The van der Waals surface area contributed by atoms with Gasteiger partial charge in [-0.1, -0.05) is 53.0 Å². The Hall–Kier alpha value is -1.79. The van der Waals surface area contributed by atoms with Crippen LogP contribution in [0, 0.1) is 19.8 Å². The number of benzene rings is 2. The standard InChI is InChI=1S/C27H34Cl2N2O3/c1-18-3-5-21(6-4-18)26(27(32)33)31-15-9-20(10-16-31)17-30-13-11-22(12-14-30)34-24-8-7-23(28)19(2)25(24)29/h3-8,20,22,26H,9-17H2,1-2H3,(H,32,33). The Labute approximate surface area is 212 Å².